The van der Waals surface area contributed by atoms with Crippen molar-refractivity contribution in [3.63, 3.8) is 0 Å². The lowest BCUT2D eigenvalue weighted by molar-refractivity contribution is 0.0666. The van der Waals surface area contributed by atoms with Gasteiger partial charge in [-0.15, -0.1) is 0 Å². The zero-order valence-electron chi connectivity index (χ0n) is 18.0. The molecule has 1 aromatic carbocycles. The van der Waals surface area contributed by atoms with Crippen LogP contribution in [0.25, 0.3) is 5.69 Å². The van der Waals surface area contributed by atoms with Gasteiger partial charge in [-0.2, -0.15) is 5.10 Å². The van der Waals surface area contributed by atoms with Crippen molar-refractivity contribution in [3.8, 4) is 5.69 Å². The number of aromatic nitrogens is 2. The summed E-state index contributed by atoms with van der Waals surface area (Å²) in [5.41, 5.74) is 2.21. The Kier molecular flexibility index (Phi) is 7.31. The SMILES string of the molecule is CCC1CCCN(C(C)(C)CNC(=O)NCCc2ccc(-n3cccn3)cc2)C1. The van der Waals surface area contributed by atoms with Gasteiger partial charge in [-0.3, -0.25) is 4.90 Å². The van der Waals surface area contributed by atoms with Crippen molar-refractivity contribution in [2.45, 2.75) is 52.0 Å². The molecule has 3 rings (SSSR count). The van der Waals surface area contributed by atoms with E-state index in [1.807, 2.05) is 29.1 Å². The lowest BCUT2D eigenvalue weighted by atomic mass is 9.91. The highest BCUT2D eigenvalue weighted by Gasteiger charge is 2.31. The molecule has 2 aromatic rings. The van der Waals surface area contributed by atoms with Gasteiger partial charge in [0.1, 0.15) is 0 Å². The Morgan fingerprint density at radius 3 is 2.72 bits per heavy atom. The number of amides is 2. The number of likely N-dealkylation sites (tertiary alicyclic amines) is 1. The molecule has 6 heteroatoms. The fraction of sp³-hybridized carbons (Fsp3) is 0.565. The fourth-order valence-corrected chi connectivity index (χ4v) is 3.98. The summed E-state index contributed by atoms with van der Waals surface area (Å²) in [6, 6.07) is 10.1. The minimum Gasteiger partial charge on any atom is -0.338 e. The first kappa shape index (κ1) is 21.4. The molecular formula is C23H35N5O. The lowest BCUT2D eigenvalue weighted by Crippen LogP contribution is -2.55. The van der Waals surface area contributed by atoms with Crippen LogP contribution in [-0.4, -0.2) is 52.4 Å². The van der Waals surface area contributed by atoms with Crippen LogP contribution in [-0.2, 0) is 6.42 Å². The molecule has 1 saturated heterocycles. The summed E-state index contributed by atoms with van der Waals surface area (Å²) >= 11 is 0. The number of piperidine rings is 1. The highest BCUT2D eigenvalue weighted by Crippen LogP contribution is 2.25. The summed E-state index contributed by atoms with van der Waals surface area (Å²) in [7, 11) is 0. The maximum atomic E-state index is 12.2. The Morgan fingerprint density at radius 2 is 2.03 bits per heavy atom. The molecule has 0 bridgehead atoms. The smallest absolute Gasteiger partial charge is 0.314 e. The van der Waals surface area contributed by atoms with Crippen LogP contribution in [0.4, 0.5) is 4.79 Å². The van der Waals surface area contributed by atoms with Gasteiger partial charge in [0.2, 0.25) is 0 Å². The van der Waals surface area contributed by atoms with Gasteiger partial charge in [-0.1, -0.05) is 25.5 Å². The number of benzene rings is 1. The second-order valence-corrected chi connectivity index (χ2v) is 8.65. The number of nitrogens with zero attached hydrogens (tertiary/aromatic N) is 3. The van der Waals surface area contributed by atoms with E-state index < -0.39 is 0 Å². The van der Waals surface area contributed by atoms with Crippen LogP contribution < -0.4 is 10.6 Å². The first-order chi connectivity index (χ1) is 14.0. The maximum absolute atomic E-state index is 12.2. The van der Waals surface area contributed by atoms with Crippen molar-refractivity contribution in [2.24, 2.45) is 5.92 Å². The van der Waals surface area contributed by atoms with Crippen LogP contribution >= 0.6 is 0 Å². The van der Waals surface area contributed by atoms with Gasteiger partial charge in [-0.05, 0) is 69.3 Å². The number of hydrogen-bond donors (Lipinski definition) is 2. The molecule has 1 aliphatic heterocycles. The Labute approximate surface area is 174 Å². The molecule has 2 heterocycles. The molecule has 0 spiro atoms. The molecule has 1 aromatic heterocycles. The van der Waals surface area contributed by atoms with E-state index >= 15 is 0 Å². The molecule has 6 nitrogen and oxygen atoms in total. The average molecular weight is 398 g/mol. The van der Waals surface area contributed by atoms with Gasteiger partial charge >= 0.3 is 6.03 Å². The number of hydrogen-bond acceptors (Lipinski definition) is 3. The molecule has 29 heavy (non-hydrogen) atoms. The van der Waals surface area contributed by atoms with Crippen LogP contribution in [0.15, 0.2) is 42.7 Å². The second-order valence-electron chi connectivity index (χ2n) is 8.65. The van der Waals surface area contributed by atoms with Crippen LogP contribution in [0, 0.1) is 5.92 Å². The highest BCUT2D eigenvalue weighted by molar-refractivity contribution is 5.73. The molecule has 1 unspecified atom stereocenters. The van der Waals surface area contributed by atoms with Crippen LogP contribution in [0.1, 0.15) is 45.6 Å². The molecule has 0 aliphatic carbocycles. The average Bonchev–Trinajstić information content (AvgIpc) is 3.28. The van der Waals surface area contributed by atoms with E-state index in [4.69, 9.17) is 0 Å². The monoisotopic (exact) mass is 397 g/mol. The largest absolute Gasteiger partial charge is 0.338 e. The van der Waals surface area contributed by atoms with E-state index in [-0.39, 0.29) is 11.6 Å². The standard InChI is InChI=1S/C23H35N5O/c1-4-19-7-5-15-27(17-19)23(2,3)18-25-22(29)24-14-12-20-8-10-21(11-9-20)28-16-6-13-26-28/h6,8-11,13,16,19H,4-5,7,12,14-15,17-18H2,1-3H3,(H2,24,25,29). The normalized spacial score (nSPS) is 17.8. The van der Waals surface area contributed by atoms with E-state index in [0.29, 0.717) is 13.1 Å². The third kappa shape index (κ3) is 6.07. The van der Waals surface area contributed by atoms with Crippen molar-refractivity contribution in [3.05, 3.63) is 48.3 Å². The topological polar surface area (TPSA) is 62.2 Å². The zero-order chi connectivity index (χ0) is 20.7. The summed E-state index contributed by atoms with van der Waals surface area (Å²) in [5.74, 6) is 0.788. The van der Waals surface area contributed by atoms with Gasteiger partial charge in [-0.25, -0.2) is 9.48 Å². The molecular weight excluding hydrogens is 362 g/mol. The minimum absolute atomic E-state index is 0.0203. The van der Waals surface area contributed by atoms with E-state index in [2.05, 4.69) is 53.5 Å². The van der Waals surface area contributed by atoms with Crippen LogP contribution in [0.3, 0.4) is 0 Å². The quantitative estimate of drug-likeness (QED) is 0.715. The van der Waals surface area contributed by atoms with E-state index in [1.165, 1.54) is 24.8 Å². The third-order valence-corrected chi connectivity index (χ3v) is 6.04. The molecule has 1 atom stereocenters. The minimum atomic E-state index is -0.0877. The van der Waals surface area contributed by atoms with Gasteiger partial charge < -0.3 is 10.6 Å². The number of rotatable bonds is 8. The lowest BCUT2D eigenvalue weighted by Gasteiger charge is -2.43. The van der Waals surface area contributed by atoms with Crippen molar-refractivity contribution >= 4 is 6.03 Å². The summed E-state index contributed by atoms with van der Waals surface area (Å²) < 4.78 is 1.84. The van der Waals surface area contributed by atoms with Crippen molar-refractivity contribution in [1.82, 2.24) is 25.3 Å². The highest BCUT2D eigenvalue weighted by atomic mass is 16.2. The van der Waals surface area contributed by atoms with Crippen molar-refractivity contribution in [1.29, 1.82) is 0 Å². The van der Waals surface area contributed by atoms with Crippen LogP contribution in [0.2, 0.25) is 0 Å². The number of nitrogens with one attached hydrogen (secondary N) is 2. The second kappa shape index (κ2) is 9.92. The Morgan fingerprint density at radius 1 is 1.24 bits per heavy atom. The molecule has 2 amide bonds. The summed E-state index contributed by atoms with van der Waals surface area (Å²) in [5, 5.41) is 10.3. The van der Waals surface area contributed by atoms with E-state index in [1.54, 1.807) is 6.20 Å². The third-order valence-electron chi connectivity index (χ3n) is 6.04. The summed E-state index contributed by atoms with van der Waals surface area (Å²) in [6.07, 6.45) is 8.33. The number of carbonyl (C=O) groups excluding carboxylic acids is 1. The molecule has 0 radical (unpaired) electrons. The van der Waals surface area contributed by atoms with E-state index in [0.717, 1.165) is 31.1 Å². The Hall–Kier alpha value is -2.34. The van der Waals surface area contributed by atoms with Crippen molar-refractivity contribution < 1.29 is 4.79 Å². The Balaban J connectivity index is 1.38. The molecule has 2 N–H and O–H groups in total. The van der Waals surface area contributed by atoms with E-state index in [9.17, 15) is 4.79 Å². The van der Waals surface area contributed by atoms with Gasteiger partial charge in [0.25, 0.3) is 0 Å². The molecule has 0 saturated carbocycles. The predicted octanol–water partition coefficient (Wildman–Crippen LogP) is 3.61. The molecule has 158 valence electrons. The van der Waals surface area contributed by atoms with Gasteiger partial charge in [0.15, 0.2) is 0 Å². The number of urea groups is 1. The Bertz CT molecular complexity index is 754. The van der Waals surface area contributed by atoms with Crippen molar-refractivity contribution in [2.75, 3.05) is 26.2 Å². The van der Waals surface area contributed by atoms with Crippen LogP contribution in [0.5, 0.6) is 0 Å². The predicted molar refractivity (Wildman–Crippen MR) is 117 cm³/mol. The molecule has 1 fully saturated rings. The number of carbonyl (C=O) groups is 1. The first-order valence-corrected chi connectivity index (χ1v) is 10.8. The molecule has 1 aliphatic rings. The fourth-order valence-electron chi connectivity index (χ4n) is 3.98. The first-order valence-electron chi connectivity index (χ1n) is 10.8. The zero-order valence-corrected chi connectivity index (χ0v) is 18.0. The van der Waals surface area contributed by atoms with Gasteiger partial charge in [0.05, 0.1) is 5.69 Å². The van der Waals surface area contributed by atoms with Gasteiger partial charge in [0, 0.05) is 37.6 Å². The summed E-state index contributed by atoms with van der Waals surface area (Å²) in [4.78, 5) is 14.8. The summed E-state index contributed by atoms with van der Waals surface area (Å²) in [6.45, 7) is 10.3. The maximum Gasteiger partial charge on any atom is 0.314 e.